The van der Waals surface area contributed by atoms with Gasteiger partial charge in [-0.2, -0.15) is 0 Å². The molecule has 3 rings (SSSR count). The predicted octanol–water partition coefficient (Wildman–Crippen LogP) is -1.36. The smallest absolute Gasteiger partial charge is 0.281 e. The Labute approximate surface area is 158 Å². The number of nitro benzene ring substituents is 1. The maximum absolute atomic E-state index is 12.7. The molecule has 2 aliphatic rings. The fourth-order valence-electron chi connectivity index (χ4n) is 3.40. The van der Waals surface area contributed by atoms with Crippen molar-refractivity contribution < 1.29 is 39.7 Å². The Balaban J connectivity index is 1.94. The van der Waals surface area contributed by atoms with Crippen LogP contribution in [0.3, 0.4) is 0 Å². The van der Waals surface area contributed by atoms with Gasteiger partial charge in [0, 0.05) is 17.3 Å². The van der Waals surface area contributed by atoms with E-state index in [0.717, 1.165) is 6.07 Å². The normalized spacial score (nSPS) is 31.5. The summed E-state index contributed by atoms with van der Waals surface area (Å²) >= 11 is 0. The largest absolute Gasteiger partial charge is 0.394 e. The highest BCUT2D eigenvalue weighted by Gasteiger charge is 2.45. The lowest BCUT2D eigenvalue weighted by atomic mass is 9.96. The van der Waals surface area contributed by atoms with E-state index in [-0.39, 0.29) is 22.4 Å². The number of carbonyl (C=O) groups excluding carboxylic acids is 2. The first-order valence-electron chi connectivity index (χ1n) is 8.33. The Hall–Kier alpha value is -2.70. The second-order valence-electron chi connectivity index (χ2n) is 6.51. The van der Waals surface area contributed by atoms with Crippen molar-refractivity contribution in [2.24, 2.45) is 0 Å². The van der Waals surface area contributed by atoms with Gasteiger partial charge in [-0.05, 0) is 13.0 Å². The number of ketones is 2. The van der Waals surface area contributed by atoms with Gasteiger partial charge < -0.3 is 30.5 Å². The molecule has 0 saturated carbocycles. The van der Waals surface area contributed by atoms with Crippen LogP contribution in [0.15, 0.2) is 29.5 Å². The molecule has 1 aromatic carbocycles. The van der Waals surface area contributed by atoms with Crippen LogP contribution in [0.4, 0.5) is 5.69 Å². The van der Waals surface area contributed by atoms with E-state index >= 15 is 0 Å². The van der Waals surface area contributed by atoms with E-state index in [4.69, 9.17) is 9.84 Å². The number of Topliss-reactive ketones (excluding diaryl/α,β-unsaturated/α-hetero) is 2. The van der Waals surface area contributed by atoms with Gasteiger partial charge in [0.05, 0.1) is 17.1 Å². The molecule has 0 spiro atoms. The molecule has 5 N–H and O–H groups in total. The Morgan fingerprint density at radius 2 is 1.89 bits per heavy atom. The van der Waals surface area contributed by atoms with Gasteiger partial charge in [0.25, 0.3) is 5.69 Å². The number of rotatable bonds is 4. The highest BCUT2D eigenvalue weighted by molar-refractivity contribution is 6.40. The Morgan fingerprint density at radius 3 is 2.50 bits per heavy atom. The molecule has 1 unspecified atom stereocenters. The van der Waals surface area contributed by atoms with Crippen LogP contribution in [0.1, 0.15) is 27.6 Å². The number of hydrogen-bond donors (Lipinski definition) is 5. The van der Waals surface area contributed by atoms with Crippen molar-refractivity contribution in [2.75, 3.05) is 6.61 Å². The summed E-state index contributed by atoms with van der Waals surface area (Å²) in [5.41, 5.74) is -1.36. The second-order valence-corrected chi connectivity index (χ2v) is 6.51. The monoisotopic (exact) mass is 394 g/mol. The molecule has 0 bridgehead atoms. The number of nitrogens with zero attached hydrogens (tertiary/aromatic N) is 1. The molecule has 0 radical (unpaired) electrons. The van der Waals surface area contributed by atoms with Crippen molar-refractivity contribution in [1.82, 2.24) is 5.32 Å². The van der Waals surface area contributed by atoms with Gasteiger partial charge in [0.2, 0.25) is 5.78 Å². The highest BCUT2D eigenvalue weighted by atomic mass is 16.6. The van der Waals surface area contributed by atoms with E-state index in [1.54, 1.807) is 0 Å². The number of nitro groups is 1. The molecule has 11 heteroatoms. The predicted molar refractivity (Wildman–Crippen MR) is 91.4 cm³/mol. The summed E-state index contributed by atoms with van der Waals surface area (Å²) in [5, 5.41) is 53.0. The van der Waals surface area contributed by atoms with Crippen molar-refractivity contribution in [3.8, 4) is 0 Å². The van der Waals surface area contributed by atoms with Crippen LogP contribution in [-0.2, 0) is 4.74 Å². The van der Waals surface area contributed by atoms with Gasteiger partial charge in [-0.15, -0.1) is 0 Å². The van der Waals surface area contributed by atoms with Crippen molar-refractivity contribution in [3.05, 3.63) is 50.7 Å². The highest BCUT2D eigenvalue weighted by Crippen LogP contribution is 2.34. The van der Waals surface area contributed by atoms with Gasteiger partial charge in [-0.25, -0.2) is 0 Å². The zero-order valence-electron chi connectivity index (χ0n) is 14.6. The van der Waals surface area contributed by atoms with Gasteiger partial charge >= 0.3 is 0 Å². The van der Waals surface area contributed by atoms with Crippen LogP contribution in [0, 0.1) is 10.1 Å². The summed E-state index contributed by atoms with van der Waals surface area (Å²) in [6.45, 7) is 0.685. The van der Waals surface area contributed by atoms with Gasteiger partial charge in [0.1, 0.15) is 29.9 Å². The van der Waals surface area contributed by atoms with E-state index in [9.17, 15) is 35.0 Å². The third-order valence-corrected chi connectivity index (χ3v) is 4.82. The van der Waals surface area contributed by atoms with Crippen molar-refractivity contribution >= 4 is 17.3 Å². The lowest BCUT2D eigenvalue weighted by molar-refractivity contribution is -0.385. The molecule has 0 aromatic heterocycles. The molecule has 1 saturated heterocycles. The van der Waals surface area contributed by atoms with Gasteiger partial charge in [-0.1, -0.05) is 6.07 Å². The number of aliphatic hydroxyl groups excluding tert-OH is 4. The van der Waals surface area contributed by atoms with Crippen molar-refractivity contribution in [1.29, 1.82) is 0 Å². The summed E-state index contributed by atoms with van der Waals surface area (Å²) in [4.78, 5) is 35.7. The number of benzene rings is 1. The van der Waals surface area contributed by atoms with Crippen LogP contribution in [0.25, 0.3) is 0 Å². The molecule has 1 fully saturated rings. The fraction of sp³-hybridized carbons (Fsp3) is 0.412. The molecular weight excluding hydrogens is 376 g/mol. The number of aliphatic hydroxyl groups is 4. The third-order valence-electron chi connectivity index (χ3n) is 4.82. The quantitative estimate of drug-likeness (QED) is 0.177. The molecule has 11 nitrogen and oxygen atoms in total. The van der Waals surface area contributed by atoms with Crippen LogP contribution >= 0.6 is 0 Å². The summed E-state index contributed by atoms with van der Waals surface area (Å²) in [6.07, 6.45) is -5.98. The van der Waals surface area contributed by atoms with Gasteiger partial charge in [0.15, 0.2) is 12.1 Å². The molecule has 1 aromatic rings. The van der Waals surface area contributed by atoms with E-state index in [1.807, 2.05) is 0 Å². The molecule has 150 valence electrons. The number of hydrogen-bond acceptors (Lipinski definition) is 10. The van der Waals surface area contributed by atoms with E-state index < -0.39 is 59.4 Å². The van der Waals surface area contributed by atoms with E-state index in [0.29, 0.717) is 0 Å². The summed E-state index contributed by atoms with van der Waals surface area (Å²) < 4.78 is 5.01. The Bertz CT molecular complexity index is 881. The number of nitrogens with one attached hydrogen (secondary N) is 1. The topological polar surface area (TPSA) is 179 Å². The van der Waals surface area contributed by atoms with Crippen LogP contribution in [-0.4, -0.2) is 74.2 Å². The lowest BCUT2D eigenvalue weighted by Crippen LogP contribution is -2.63. The summed E-state index contributed by atoms with van der Waals surface area (Å²) in [7, 11) is 0. The SMILES string of the molecule is CC(N[C@H]1C(O)O[C@H](CO)[C@@H](O)[C@@H]1O)=C1C(=O)c2cccc([N+](=O)[O-])c2C1=O. The summed E-state index contributed by atoms with van der Waals surface area (Å²) in [6, 6.07) is 2.39. The average molecular weight is 394 g/mol. The fourth-order valence-corrected chi connectivity index (χ4v) is 3.40. The van der Waals surface area contributed by atoms with Crippen molar-refractivity contribution in [3.63, 3.8) is 0 Å². The lowest BCUT2D eigenvalue weighted by Gasteiger charge is -2.41. The van der Waals surface area contributed by atoms with E-state index in [2.05, 4.69) is 5.32 Å². The second kappa shape index (κ2) is 7.37. The first-order chi connectivity index (χ1) is 13.2. The maximum atomic E-state index is 12.7. The Morgan fingerprint density at radius 1 is 1.21 bits per heavy atom. The molecular formula is C17H18N2O9. The number of allylic oxidation sites excluding steroid dienone is 2. The minimum Gasteiger partial charge on any atom is -0.394 e. The molecule has 5 atom stereocenters. The average Bonchev–Trinajstić information content (AvgIpc) is 2.92. The third kappa shape index (κ3) is 3.08. The summed E-state index contributed by atoms with van der Waals surface area (Å²) in [5.74, 6) is -1.59. The molecule has 1 aliphatic carbocycles. The molecule has 28 heavy (non-hydrogen) atoms. The van der Waals surface area contributed by atoms with Crippen LogP contribution in [0.5, 0.6) is 0 Å². The van der Waals surface area contributed by atoms with Crippen molar-refractivity contribution in [2.45, 2.75) is 37.6 Å². The molecule has 1 heterocycles. The first kappa shape index (κ1) is 20.0. The number of ether oxygens (including phenoxy) is 1. The zero-order chi connectivity index (χ0) is 20.7. The van der Waals surface area contributed by atoms with E-state index in [1.165, 1.54) is 19.1 Å². The minimum atomic E-state index is -1.66. The zero-order valence-corrected chi connectivity index (χ0v) is 14.6. The number of carbonyl (C=O) groups is 2. The standard InChI is InChI=1S/C17H18N2O9/c1-6(18-12-16(24)14(22)9(5-20)28-17(12)25)10-13(21)7-3-2-4-8(19(26)27)11(7)15(10)23/h2-4,9,12,14,16-18,20,22,24-25H,5H2,1H3/t9-,12-,14-,16-,17?/m1/s1. The van der Waals surface area contributed by atoms with Crippen LogP contribution in [0.2, 0.25) is 0 Å². The number of fused-ring (bicyclic) bond motifs is 1. The first-order valence-corrected chi connectivity index (χ1v) is 8.33. The Kier molecular flexibility index (Phi) is 5.28. The van der Waals surface area contributed by atoms with Crippen LogP contribution < -0.4 is 5.32 Å². The minimum absolute atomic E-state index is 0.0538. The molecule has 1 aliphatic heterocycles. The van der Waals surface area contributed by atoms with Gasteiger partial charge in [-0.3, -0.25) is 19.7 Å². The maximum Gasteiger partial charge on any atom is 0.281 e. The molecule has 0 amide bonds.